The number of aromatic nitrogens is 1. The number of carbonyl (C=O) groups excluding carboxylic acids is 2. The summed E-state index contributed by atoms with van der Waals surface area (Å²) < 4.78 is 5.48. The highest BCUT2D eigenvalue weighted by molar-refractivity contribution is 8.02. The largest absolute Gasteiger partial charge is 0.361 e. The van der Waals surface area contributed by atoms with Crippen LogP contribution in [0.4, 0.5) is 5.69 Å². The van der Waals surface area contributed by atoms with Gasteiger partial charge in [-0.15, -0.1) is 0 Å². The topological polar surface area (TPSA) is 66.7 Å². The molecule has 1 atom stereocenters. The molecule has 3 aromatic rings. The van der Waals surface area contributed by atoms with Crippen LogP contribution in [0.1, 0.15) is 25.0 Å². The van der Waals surface area contributed by atoms with Crippen molar-refractivity contribution in [2.24, 2.45) is 0 Å². The number of nitrogens with zero attached hydrogens (tertiary/aromatic N) is 3. The molecule has 6 nitrogen and oxygen atoms in total. The summed E-state index contributed by atoms with van der Waals surface area (Å²) in [5, 5.41) is 4.15. The highest BCUT2D eigenvalue weighted by Gasteiger charge is 2.58. The average molecular weight is 434 g/mol. The lowest BCUT2D eigenvalue weighted by Crippen LogP contribution is -2.53. The van der Waals surface area contributed by atoms with Gasteiger partial charge >= 0.3 is 0 Å². The molecular formula is C24H23N3O3S. The Balaban J connectivity index is 1.23. The zero-order valence-corrected chi connectivity index (χ0v) is 18.1. The summed E-state index contributed by atoms with van der Waals surface area (Å²) in [6.45, 7) is 0.584. The highest BCUT2D eigenvalue weighted by Crippen LogP contribution is 2.56. The van der Waals surface area contributed by atoms with Crippen molar-refractivity contribution in [3.63, 3.8) is 0 Å². The fourth-order valence-electron chi connectivity index (χ4n) is 4.35. The minimum absolute atomic E-state index is 0.0119. The molecule has 1 fully saturated rings. The van der Waals surface area contributed by atoms with Gasteiger partial charge in [0, 0.05) is 43.0 Å². The van der Waals surface area contributed by atoms with Gasteiger partial charge in [0.2, 0.25) is 5.91 Å². The van der Waals surface area contributed by atoms with E-state index >= 15 is 0 Å². The Morgan fingerprint density at radius 2 is 1.97 bits per heavy atom. The summed E-state index contributed by atoms with van der Waals surface area (Å²) in [4.78, 5) is 29.7. The second-order valence-electron chi connectivity index (χ2n) is 7.96. The van der Waals surface area contributed by atoms with Crippen molar-refractivity contribution in [1.29, 1.82) is 0 Å². The van der Waals surface area contributed by atoms with Gasteiger partial charge in [0.1, 0.15) is 11.5 Å². The summed E-state index contributed by atoms with van der Waals surface area (Å²) in [6, 6.07) is 19.6. The molecule has 1 unspecified atom stereocenters. The number of fused-ring (bicyclic) bond motifs is 3. The van der Waals surface area contributed by atoms with Crippen molar-refractivity contribution in [3.8, 4) is 11.3 Å². The van der Waals surface area contributed by atoms with E-state index in [-0.39, 0.29) is 11.8 Å². The third-order valence-corrected chi connectivity index (χ3v) is 7.36. The Hall–Kier alpha value is -3.06. The molecule has 0 aliphatic carbocycles. The molecule has 1 saturated heterocycles. The molecule has 0 bridgehead atoms. The van der Waals surface area contributed by atoms with E-state index in [4.69, 9.17) is 4.52 Å². The molecule has 2 aliphatic heterocycles. The molecule has 0 spiro atoms. The number of hydrogen-bond acceptors (Lipinski definition) is 5. The maximum absolute atomic E-state index is 13.5. The molecule has 5 rings (SSSR count). The van der Waals surface area contributed by atoms with Crippen LogP contribution in [-0.2, 0) is 16.0 Å². The first-order valence-electron chi connectivity index (χ1n) is 10.5. The SMILES string of the molecule is CN(CCCc1cc(-c2ccccc2)no1)C(=O)C12CCC(=O)N1c1ccccc1S2. The van der Waals surface area contributed by atoms with E-state index in [2.05, 4.69) is 5.16 Å². The molecule has 2 aliphatic rings. The van der Waals surface area contributed by atoms with Gasteiger partial charge in [-0.25, -0.2) is 0 Å². The number of aryl methyl sites for hydroxylation is 1. The number of para-hydroxylation sites is 1. The van der Waals surface area contributed by atoms with E-state index in [0.29, 0.717) is 25.8 Å². The van der Waals surface area contributed by atoms with Crippen LogP contribution in [0.15, 0.2) is 70.1 Å². The molecule has 0 N–H and O–H groups in total. The maximum Gasteiger partial charge on any atom is 0.259 e. The number of carbonyl (C=O) groups is 2. The average Bonchev–Trinajstić information content (AvgIpc) is 3.48. The van der Waals surface area contributed by atoms with Crippen molar-refractivity contribution >= 4 is 29.3 Å². The Kier molecular flexibility index (Phi) is 5.06. The third-order valence-electron chi connectivity index (χ3n) is 5.90. The smallest absolute Gasteiger partial charge is 0.259 e. The number of likely N-dealkylation sites (N-methyl/N-ethyl adjacent to an activating group) is 1. The van der Waals surface area contributed by atoms with Crippen LogP contribution in [-0.4, -0.2) is 40.3 Å². The number of anilines is 1. The Morgan fingerprint density at radius 1 is 1.19 bits per heavy atom. The number of thioether (sulfide) groups is 1. The highest BCUT2D eigenvalue weighted by atomic mass is 32.2. The fraction of sp³-hybridized carbons (Fsp3) is 0.292. The Morgan fingerprint density at radius 3 is 2.81 bits per heavy atom. The minimum atomic E-state index is -0.845. The lowest BCUT2D eigenvalue weighted by Gasteiger charge is -2.33. The molecule has 0 radical (unpaired) electrons. The number of rotatable bonds is 6. The molecule has 7 heteroatoms. The van der Waals surface area contributed by atoms with Crippen LogP contribution in [0.3, 0.4) is 0 Å². The summed E-state index contributed by atoms with van der Waals surface area (Å²) in [7, 11) is 1.82. The first-order valence-corrected chi connectivity index (χ1v) is 11.3. The third kappa shape index (κ3) is 3.43. The van der Waals surface area contributed by atoms with Gasteiger partial charge in [0.05, 0.1) is 5.69 Å². The zero-order chi connectivity index (χ0) is 21.4. The first-order chi connectivity index (χ1) is 15.1. The van der Waals surface area contributed by atoms with Crippen LogP contribution in [0.25, 0.3) is 11.3 Å². The quantitative estimate of drug-likeness (QED) is 0.578. The normalized spacial score (nSPS) is 19.4. The zero-order valence-electron chi connectivity index (χ0n) is 17.3. The Bertz CT molecular complexity index is 1130. The maximum atomic E-state index is 13.5. The standard InChI is InChI=1S/C24H23N3O3S/c1-26(15-7-10-18-16-19(25-30-18)17-8-3-2-4-9-17)23(29)24-14-13-22(28)27(24)20-11-5-6-12-21(20)31-24/h2-6,8-9,11-12,16H,7,10,13-15H2,1H3. The second kappa shape index (κ2) is 7.89. The van der Waals surface area contributed by atoms with E-state index in [1.165, 1.54) is 11.8 Å². The Labute approximate surface area is 185 Å². The molecular weight excluding hydrogens is 410 g/mol. The molecule has 0 saturated carbocycles. The molecule has 158 valence electrons. The first kappa shape index (κ1) is 19.9. The summed E-state index contributed by atoms with van der Waals surface area (Å²) in [6.07, 6.45) is 2.39. The lowest BCUT2D eigenvalue weighted by atomic mass is 10.1. The van der Waals surface area contributed by atoms with E-state index in [1.54, 1.807) is 9.80 Å². The van der Waals surface area contributed by atoms with E-state index in [0.717, 1.165) is 34.0 Å². The van der Waals surface area contributed by atoms with Gasteiger partial charge in [0.15, 0.2) is 4.87 Å². The van der Waals surface area contributed by atoms with Gasteiger partial charge in [-0.3, -0.25) is 14.5 Å². The predicted molar refractivity (Wildman–Crippen MR) is 120 cm³/mol. The summed E-state index contributed by atoms with van der Waals surface area (Å²) in [5.74, 6) is 0.814. The van der Waals surface area contributed by atoms with E-state index in [1.807, 2.05) is 67.7 Å². The number of amides is 2. The molecule has 3 heterocycles. The van der Waals surface area contributed by atoms with Gasteiger partial charge in [-0.1, -0.05) is 59.4 Å². The molecule has 2 amide bonds. The molecule has 1 aromatic heterocycles. The molecule has 31 heavy (non-hydrogen) atoms. The minimum Gasteiger partial charge on any atom is -0.361 e. The van der Waals surface area contributed by atoms with Crippen molar-refractivity contribution in [1.82, 2.24) is 10.1 Å². The predicted octanol–water partition coefficient (Wildman–Crippen LogP) is 4.36. The van der Waals surface area contributed by atoms with Gasteiger partial charge in [0.25, 0.3) is 5.91 Å². The van der Waals surface area contributed by atoms with Gasteiger partial charge in [-0.2, -0.15) is 0 Å². The van der Waals surface area contributed by atoms with Crippen molar-refractivity contribution in [2.45, 2.75) is 35.4 Å². The van der Waals surface area contributed by atoms with E-state index < -0.39 is 4.87 Å². The van der Waals surface area contributed by atoms with Crippen molar-refractivity contribution < 1.29 is 14.1 Å². The second-order valence-corrected chi connectivity index (χ2v) is 9.28. The molecule has 2 aromatic carbocycles. The number of benzene rings is 2. The fourth-order valence-corrected chi connectivity index (χ4v) is 5.86. The number of hydrogen-bond donors (Lipinski definition) is 0. The monoisotopic (exact) mass is 433 g/mol. The van der Waals surface area contributed by atoms with Gasteiger partial charge < -0.3 is 9.42 Å². The summed E-state index contributed by atoms with van der Waals surface area (Å²) in [5.41, 5.74) is 2.69. The lowest BCUT2D eigenvalue weighted by molar-refractivity contribution is -0.133. The van der Waals surface area contributed by atoms with Crippen LogP contribution in [0.2, 0.25) is 0 Å². The van der Waals surface area contributed by atoms with Crippen molar-refractivity contribution in [3.05, 3.63) is 66.4 Å². The van der Waals surface area contributed by atoms with Crippen molar-refractivity contribution in [2.75, 3.05) is 18.5 Å². The van der Waals surface area contributed by atoms with Crippen LogP contribution in [0.5, 0.6) is 0 Å². The van der Waals surface area contributed by atoms with Crippen LogP contribution < -0.4 is 4.90 Å². The van der Waals surface area contributed by atoms with Crippen LogP contribution >= 0.6 is 11.8 Å². The van der Waals surface area contributed by atoms with E-state index in [9.17, 15) is 9.59 Å². The van der Waals surface area contributed by atoms with Gasteiger partial charge in [-0.05, 0) is 25.0 Å². The summed E-state index contributed by atoms with van der Waals surface area (Å²) >= 11 is 1.51. The van der Waals surface area contributed by atoms with Crippen LogP contribution in [0, 0.1) is 0 Å².